The van der Waals surface area contributed by atoms with Crippen LogP contribution in [-0.2, 0) is 0 Å². The van der Waals surface area contributed by atoms with E-state index in [9.17, 15) is 0 Å². The molecule has 0 aromatic carbocycles. The van der Waals surface area contributed by atoms with Gasteiger partial charge in [0, 0.05) is 0 Å². The zero-order chi connectivity index (χ0) is 5.98. The minimum Gasteiger partial charge on any atom is -0.393 e. The Labute approximate surface area is 49.1 Å². The first-order chi connectivity index (χ1) is 3.79. The van der Waals surface area contributed by atoms with Gasteiger partial charge in [0.05, 0.1) is 12.2 Å². The van der Waals surface area contributed by atoms with Gasteiger partial charge in [-0.25, -0.2) is 0 Å². The van der Waals surface area contributed by atoms with Crippen molar-refractivity contribution in [3.63, 3.8) is 0 Å². The predicted molar refractivity (Wildman–Crippen MR) is 30.5 cm³/mol. The molecule has 0 aromatic heterocycles. The molecule has 0 aliphatic heterocycles. The van der Waals surface area contributed by atoms with E-state index in [1.165, 1.54) is 0 Å². The van der Waals surface area contributed by atoms with Crippen molar-refractivity contribution in [2.45, 2.75) is 37.9 Å². The van der Waals surface area contributed by atoms with Gasteiger partial charge >= 0.3 is 0 Å². The molecule has 0 bridgehead atoms. The maximum absolute atomic E-state index is 8.92. The van der Waals surface area contributed by atoms with Gasteiger partial charge in [-0.2, -0.15) is 0 Å². The zero-order valence-corrected chi connectivity index (χ0v) is 4.88. The maximum atomic E-state index is 8.92. The molecular formula is C6H12O2. The van der Waals surface area contributed by atoms with Gasteiger partial charge in [-0.1, -0.05) is 0 Å². The summed E-state index contributed by atoms with van der Waals surface area (Å²) in [5.74, 6) is 0. The van der Waals surface area contributed by atoms with E-state index in [2.05, 4.69) is 0 Å². The lowest BCUT2D eigenvalue weighted by atomic mass is 9.95. The molecule has 0 atom stereocenters. The van der Waals surface area contributed by atoms with Crippen molar-refractivity contribution in [1.82, 2.24) is 0 Å². The van der Waals surface area contributed by atoms with Gasteiger partial charge in [0.15, 0.2) is 0 Å². The fourth-order valence-electron chi connectivity index (χ4n) is 1.06. The number of aliphatic hydroxyl groups is 2. The highest BCUT2D eigenvalue weighted by Crippen LogP contribution is 2.17. The third-order valence-corrected chi connectivity index (χ3v) is 1.67. The van der Waals surface area contributed by atoms with E-state index in [1.807, 2.05) is 0 Å². The van der Waals surface area contributed by atoms with E-state index < -0.39 is 0 Å². The van der Waals surface area contributed by atoms with Crippen LogP contribution in [0.25, 0.3) is 0 Å². The van der Waals surface area contributed by atoms with Crippen LogP contribution in [0.5, 0.6) is 0 Å². The van der Waals surface area contributed by atoms with E-state index >= 15 is 0 Å². The van der Waals surface area contributed by atoms with Crippen molar-refractivity contribution in [2.75, 3.05) is 0 Å². The summed E-state index contributed by atoms with van der Waals surface area (Å²) in [5.41, 5.74) is 0. The van der Waals surface area contributed by atoms with Crippen LogP contribution in [0, 0.1) is 0 Å². The van der Waals surface area contributed by atoms with Gasteiger partial charge in [0.1, 0.15) is 0 Å². The average Bonchev–Trinajstić information content (AvgIpc) is 1.77. The van der Waals surface area contributed by atoms with Crippen LogP contribution in [0.3, 0.4) is 0 Å². The van der Waals surface area contributed by atoms with Gasteiger partial charge in [-0.05, 0) is 25.7 Å². The van der Waals surface area contributed by atoms with Crippen molar-refractivity contribution < 1.29 is 10.2 Å². The first-order valence-corrected chi connectivity index (χ1v) is 3.15. The van der Waals surface area contributed by atoms with Crippen LogP contribution in [-0.4, -0.2) is 22.4 Å². The third kappa shape index (κ3) is 1.46. The smallest absolute Gasteiger partial charge is 0.0542 e. The summed E-state index contributed by atoms with van der Waals surface area (Å²) in [6.45, 7) is 0. The summed E-state index contributed by atoms with van der Waals surface area (Å²) in [6.07, 6.45) is 2.83. The summed E-state index contributed by atoms with van der Waals surface area (Å²) in [4.78, 5) is 0. The van der Waals surface area contributed by atoms with E-state index in [0.717, 1.165) is 25.7 Å². The monoisotopic (exact) mass is 116 g/mol. The standard InChI is InChI=1S/C6H12O2/c7-5-1-2-6(8)4-3-5/h5-8H,1-4H2/t5-,6-. The molecule has 0 aromatic rings. The number of hydrogen-bond acceptors (Lipinski definition) is 2. The molecule has 1 aliphatic carbocycles. The fraction of sp³-hybridized carbons (Fsp3) is 1.00. The lowest BCUT2D eigenvalue weighted by molar-refractivity contribution is 0.0541. The van der Waals surface area contributed by atoms with Crippen LogP contribution in [0.1, 0.15) is 25.7 Å². The molecule has 0 spiro atoms. The second kappa shape index (κ2) is 2.46. The van der Waals surface area contributed by atoms with Crippen LogP contribution >= 0.6 is 0 Å². The second-order valence-corrected chi connectivity index (χ2v) is 2.46. The highest BCUT2D eigenvalue weighted by molar-refractivity contribution is 4.69. The minimum atomic E-state index is -0.140. The highest BCUT2D eigenvalue weighted by atomic mass is 16.3. The summed E-state index contributed by atoms with van der Waals surface area (Å²) in [7, 11) is 0. The highest BCUT2D eigenvalue weighted by Gasteiger charge is 2.15. The average molecular weight is 116 g/mol. The Morgan fingerprint density at radius 3 is 1.25 bits per heavy atom. The van der Waals surface area contributed by atoms with Gasteiger partial charge in [0.2, 0.25) is 0 Å². The first-order valence-electron chi connectivity index (χ1n) is 3.15. The Kier molecular flexibility index (Phi) is 1.86. The minimum absolute atomic E-state index is 0.140. The molecule has 8 heavy (non-hydrogen) atoms. The molecule has 1 rings (SSSR count). The Morgan fingerprint density at radius 2 is 1.00 bits per heavy atom. The molecule has 0 unspecified atom stereocenters. The van der Waals surface area contributed by atoms with Gasteiger partial charge in [0.25, 0.3) is 0 Å². The van der Waals surface area contributed by atoms with Crippen LogP contribution in [0.15, 0.2) is 0 Å². The molecule has 2 heteroatoms. The molecule has 1 saturated carbocycles. The summed E-state index contributed by atoms with van der Waals surface area (Å²) in [5, 5.41) is 17.8. The van der Waals surface area contributed by atoms with E-state index in [-0.39, 0.29) is 12.2 Å². The molecule has 1 aliphatic rings. The Morgan fingerprint density at radius 1 is 0.750 bits per heavy atom. The number of aliphatic hydroxyl groups excluding tert-OH is 2. The Hall–Kier alpha value is -0.0800. The maximum Gasteiger partial charge on any atom is 0.0542 e. The zero-order valence-electron chi connectivity index (χ0n) is 4.88. The normalized spacial score (nSPS) is 39.8. The van der Waals surface area contributed by atoms with Crippen LogP contribution < -0.4 is 0 Å². The molecule has 0 amide bonds. The SMILES string of the molecule is O[C@H]1CC[C@H](O)CC1. The van der Waals surface area contributed by atoms with E-state index in [1.54, 1.807) is 0 Å². The van der Waals surface area contributed by atoms with E-state index in [4.69, 9.17) is 10.2 Å². The molecule has 0 saturated heterocycles. The quantitative estimate of drug-likeness (QED) is 0.477. The van der Waals surface area contributed by atoms with Crippen molar-refractivity contribution in [2.24, 2.45) is 0 Å². The number of hydrogen-bond donors (Lipinski definition) is 2. The van der Waals surface area contributed by atoms with Crippen LogP contribution in [0.2, 0.25) is 0 Å². The van der Waals surface area contributed by atoms with E-state index in [0.29, 0.717) is 0 Å². The molecule has 1 fully saturated rings. The molecule has 2 N–H and O–H groups in total. The number of rotatable bonds is 0. The molecule has 48 valence electrons. The van der Waals surface area contributed by atoms with Crippen LogP contribution in [0.4, 0.5) is 0 Å². The predicted octanol–water partition coefficient (Wildman–Crippen LogP) is 0.282. The van der Waals surface area contributed by atoms with Crippen molar-refractivity contribution in [3.8, 4) is 0 Å². The van der Waals surface area contributed by atoms with Crippen molar-refractivity contribution >= 4 is 0 Å². The molecule has 0 heterocycles. The van der Waals surface area contributed by atoms with Gasteiger partial charge in [-0.3, -0.25) is 0 Å². The second-order valence-electron chi connectivity index (χ2n) is 2.46. The molecule has 2 nitrogen and oxygen atoms in total. The largest absolute Gasteiger partial charge is 0.393 e. The van der Waals surface area contributed by atoms with Crippen molar-refractivity contribution in [3.05, 3.63) is 0 Å². The fourth-order valence-corrected chi connectivity index (χ4v) is 1.06. The lowest BCUT2D eigenvalue weighted by Crippen LogP contribution is -2.21. The van der Waals surface area contributed by atoms with Gasteiger partial charge in [-0.15, -0.1) is 0 Å². The summed E-state index contributed by atoms with van der Waals surface area (Å²) >= 11 is 0. The first kappa shape index (κ1) is 6.05. The molecular weight excluding hydrogens is 104 g/mol. The topological polar surface area (TPSA) is 40.5 Å². The lowest BCUT2D eigenvalue weighted by Gasteiger charge is -2.20. The third-order valence-electron chi connectivity index (χ3n) is 1.67. The summed E-state index contributed by atoms with van der Waals surface area (Å²) < 4.78 is 0. The Bertz CT molecular complexity index is 54.9. The van der Waals surface area contributed by atoms with Gasteiger partial charge < -0.3 is 10.2 Å². The summed E-state index contributed by atoms with van der Waals surface area (Å²) in [6, 6.07) is 0. The van der Waals surface area contributed by atoms with Crippen molar-refractivity contribution in [1.29, 1.82) is 0 Å². The Balaban J connectivity index is 2.19. The molecule has 0 radical (unpaired) electrons.